The average Bonchev–Trinajstić information content (AvgIpc) is 2.34. The van der Waals surface area contributed by atoms with Crippen LogP contribution in [0.15, 0.2) is 36.4 Å². The zero-order valence-electron chi connectivity index (χ0n) is 9.77. The van der Waals surface area contributed by atoms with Gasteiger partial charge in [-0.1, -0.05) is 11.6 Å². The van der Waals surface area contributed by atoms with Crippen molar-refractivity contribution in [2.45, 2.75) is 6.92 Å². The third-order valence-electron chi connectivity index (χ3n) is 2.45. The van der Waals surface area contributed by atoms with Crippen LogP contribution in [-0.4, -0.2) is 10.8 Å². The van der Waals surface area contributed by atoms with E-state index >= 15 is 0 Å². The van der Waals surface area contributed by atoms with Crippen molar-refractivity contribution in [1.82, 2.24) is 4.98 Å². The summed E-state index contributed by atoms with van der Waals surface area (Å²) in [6.45, 7) is 1.53. The molecule has 0 saturated carbocycles. The number of anilines is 3. The molecule has 2 rings (SSSR count). The number of nitrogen functional groups attached to an aromatic ring is 1. The Labute approximate surface area is 110 Å². The molecule has 1 aromatic carbocycles. The Morgan fingerprint density at radius 3 is 2.50 bits per heavy atom. The number of carbonyl (C=O) groups excluding carboxylic acids is 1. The largest absolute Gasteiger partial charge is 0.396 e. The highest BCUT2D eigenvalue weighted by Crippen LogP contribution is 2.23. The standard InChI is InChI=1S/C13H12ClN3O/c1-8(18)9-2-4-10(5-3-9)16-13-11(15)6-7-12(14)17-13/h2-7H,15H2,1H3,(H,16,17). The molecular formula is C13H12ClN3O. The minimum absolute atomic E-state index is 0.0296. The fraction of sp³-hybridized carbons (Fsp3) is 0.0769. The number of rotatable bonds is 3. The first-order valence-corrected chi connectivity index (χ1v) is 5.74. The average molecular weight is 262 g/mol. The first-order chi connectivity index (χ1) is 8.56. The van der Waals surface area contributed by atoms with E-state index < -0.39 is 0 Å². The van der Waals surface area contributed by atoms with E-state index in [9.17, 15) is 4.79 Å². The van der Waals surface area contributed by atoms with Gasteiger partial charge in [0.2, 0.25) is 0 Å². The van der Waals surface area contributed by atoms with E-state index in [0.717, 1.165) is 5.69 Å². The fourth-order valence-corrected chi connectivity index (χ4v) is 1.62. The molecule has 4 nitrogen and oxygen atoms in total. The maximum atomic E-state index is 11.1. The Morgan fingerprint density at radius 2 is 1.89 bits per heavy atom. The molecule has 0 aliphatic rings. The summed E-state index contributed by atoms with van der Waals surface area (Å²) in [4.78, 5) is 15.2. The predicted octanol–water partition coefficient (Wildman–Crippen LogP) is 3.26. The van der Waals surface area contributed by atoms with E-state index in [-0.39, 0.29) is 5.78 Å². The summed E-state index contributed by atoms with van der Waals surface area (Å²) in [5, 5.41) is 3.41. The lowest BCUT2D eigenvalue weighted by molar-refractivity contribution is 0.101. The van der Waals surface area contributed by atoms with Crippen molar-refractivity contribution in [2.24, 2.45) is 0 Å². The van der Waals surface area contributed by atoms with Crippen LogP contribution >= 0.6 is 11.6 Å². The van der Waals surface area contributed by atoms with E-state index in [2.05, 4.69) is 10.3 Å². The highest BCUT2D eigenvalue weighted by atomic mass is 35.5. The maximum Gasteiger partial charge on any atom is 0.159 e. The minimum atomic E-state index is 0.0296. The number of hydrogen-bond donors (Lipinski definition) is 2. The van der Waals surface area contributed by atoms with Gasteiger partial charge in [0.1, 0.15) is 5.15 Å². The van der Waals surface area contributed by atoms with Crippen LogP contribution in [0.3, 0.4) is 0 Å². The van der Waals surface area contributed by atoms with Crippen LogP contribution in [0.2, 0.25) is 5.15 Å². The molecule has 0 saturated heterocycles. The third-order valence-corrected chi connectivity index (χ3v) is 2.66. The SMILES string of the molecule is CC(=O)c1ccc(Nc2nc(Cl)ccc2N)cc1. The summed E-state index contributed by atoms with van der Waals surface area (Å²) < 4.78 is 0. The highest BCUT2D eigenvalue weighted by molar-refractivity contribution is 6.29. The quantitative estimate of drug-likeness (QED) is 0.657. The molecule has 5 heteroatoms. The summed E-state index contributed by atoms with van der Waals surface area (Å²) in [5.74, 6) is 0.528. The number of nitrogens with one attached hydrogen (secondary N) is 1. The summed E-state index contributed by atoms with van der Waals surface area (Å²) in [7, 11) is 0. The van der Waals surface area contributed by atoms with Crippen LogP contribution in [0, 0.1) is 0 Å². The molecule has 0 aliphatic carbocycles. The van der Waals surface area contributed by atoms with Gasteiger partial charge in [-0.05, 0) is 43.3 Å². The Kier molecular flexibility index (Phi) is 3.48. The molecule has 0 unspecified atom stereocenters. The maximum absolute atomic E-state index is 11.1. The number of nitrogens with two attached hydrogens (primary N) is 1. The van der Waals surface area contributed by atoms with Gasteiger partial charge in [0.15, 0.2) is 11.6 Å². The van der Waals surface area contributed by atoms with E-state index in [0.29, 0.717) is 22.2 Å². The summed E-state index contributed by atoms with van der Waals surface area (Å²) in [6.07, 6.45) is 0. The minimum Gasteiger partial charge on any atom is -0.396 e. The molecular weight excluding hydrogens is 250 g/mol. The Balaban J connectivity index is 2.23. The number of ketones is 1. The second kappa shape index (κ2) is 5.06. The number of aromatic nitrogens is 1. The molecule has 18 heavy (non-hydrogen) atoms. The van der Waals surface area contributed by atoms with Crippen LogP contribution in [0.5, 0.6) is 0 Å². The Bertz CT molecular complexity index is 581. The molecule has 0 amide bonds. The predicted molar refractivity (Wildman–Crippen MR) is 73.4 cm³/mol. The van der Waals surface area contributed by atoms with Crippen molar-refractivity contribution in [3.63, 3.8) is 0 Å². The van der Waals surface area contributed by atoms with E-state index in [1.807, 2.05) is 0 Å². The first kappa shape index (κ1) is 12.4. The van der Waals surface area contributed by atoms with Crippen molar-refractivity contribution in [3.05, 3.63) is 47.1 Å². The first-order valence-electron chi connectivity index (χ1n) is 5.36. The van der Waals surface area contributed by atoms with E-state index in [1.54, 1.807) is 36.4 Å². The molecule has 0 bridgehead atoms. The molecule has 92 valence electrons. The molecule has 3 N–H and O–H groups in total. The number of benzene rings is 1. The molecule has 0 radical (unpaired) electrons. The lowest BCUT2D eigenvalue weighted by Crippen LogP contribution is -1.99. The fourth-order valence-electron chi connectivity index (χ4n) is 1.47. The molecule has 0 spiro atoms. The summed E-state index contributed by atoms with van der Waals surface area (Å²) >= 11 is 5.80. The van der Waals surface area contributed by atoms with Gasteiger partial charge in [-0.25, -0.2) is 4.98 Å². The summed E-state index contributed by atoms with van der Waals surface area (Å²) in [5.41, 5.74) is 7.74. The lowest BCUT2D eigenvalue weighted by atomic mass is 10.1. The number of pyridine rings is 1. The van der Waals surface area contributed by atoms with Crippen molar-refractivity contribution < 1.29 is 4.79 Å². The lowest BCUT2D eigenvalue weighted by Gasteiger charge is -2.08. The number of hydrogen-bond acceptors (Lipinski definition) is 4. The monoisotopic (exact) mass is 261 g/mol. The van der Waals surface area contributed by atoms with Crippen LogP contribution in [-0.2, 0) is 0 Å². The second-order valence-electron chi connectivity index (χ2n) is 3.83. The van der Waals surface area contributed by atoms with Crippen molar-refractivity contribution >= 4 is 34.6 Å². The van der Waals surface area contributed by atoms with Crippen molar-refractivity contribution in [1.29, 1.82) is 0 Å². The number of halogens is 1. The van der Waals surface area contributed by atoms with Gasteiger partial charge < -0.3 is 11.1 Å². The zero-order valence-corrected chi connectivity index (χ0v) is 10.5. The van der Waals surface area contributed by atoms with Gasteiger partial charge in [-0.3, -0.25) is 4.79 Å². The molecule has 1 aromatic heterocycles. The molecule has 0 fully saturated rings. The normalized spacial score (nSPS) is 10.1. The topological polar surface area (TPSA) is 68.0 Å². The molecule has 0 aliphatic heterocycles. The molecule has 0 atom stereocenters. The van der Waals surface area contributed by atoms with Crippen LogP contribution < -0.4 is 11.1 Å². The number of nitrogens with zero attached hydrogens (tertiary/aromatic N) is 1. The summed E-state index contributed by atoms with van der Waals surface area (Å²) in [6, 6.07) is 10.4. The Morgan fingerprint density at radius 1 is 1.22 bits per heavy atom. The van der Waals surface area contributed by atoms with E-state index in [4.69, 9.17) is 17.3 Å². The van der Waals surface area contributed by atoms with Crippen LogP contribution in [0.1, 0.15) is 17.3 Å². The number of carbonyl (C=O) groups is 1. The van der Waals surface area contributed by atoms with Crippen LogP contribution in [0.25, 0.3) is 0 Å². The molecule has 2 aromatic rings. The molecule has 1 heterocycles. The Hall–Kier alpha value is -2.07. The third kappa shape index (κ3) is 2.78. The zero-order chi connectivity index (χ0) is 13.1. The second-order valence-corrected chi connectivity index (χ2v) is 4.22. The van der Waals surface area contributed by atoms with Gasteiger partial charge in [0, 0.05) is 11.3 Å². The number of Topliss-reactive ketones (excluding diaryl/α,β-unsaturated/α-hetero) is 1. The van der Waals surface area contributed by atoms with Crippen molar-refractivity contribution in [3.8, 4) is 0 Å². The van der Waals surface area contributed by atoms with E-state index in [1.165, 1.54) is 6.92 Å². The van der Waals surface area contributed by atoms with Gasteiger partial charge in [0.25, 0.3) is 0 Å². The van der Waals surface area contributed by atoms with Gasteiger partial charge in [-0.2, -0.15) is 0 Å². The smallest absolute Gasteiger partial charge is 0.159 e. The highest BCUT2D eigenvalue weighted by Gasteiger charge is 2.03. The van der Waals surface area contributed by atoms with Gasteiger partial charge >= 0.3 is 0 Å². The van der Waals surface area contributed by atoms with Gasteiger partial charge in [-0.15, -0.1) is 0 Å². The van der Waals surface area contributed by atoms with Crippen molar-refractivity contribution in [2.75, 3.05) is 11.1 Å². The van der Waals surface area contributed by atoms with Gasteiger partial charge in [0.05, 0.1) is 5.69 Å². The van der Waals surface area contributed by atoms with Crippen LogP contribution in [0.4, 0.5) is 17.2 Å².